The number of hydrogen-bond acceptors (Lipinski definition) is 7. The molecule has 2 aromatic rings. The standard InChI is InChI=1S/C28H40FN3O6S/c1-19-17-32(20(2)18-33)28(34)25-15-23(31-39(35,36)24-11-8-22(29)9-12-24)10-13-26(25)38-21(3)7-5-6-14-37-27(19)16-30-4/h8-13,15,19-21,27,30-31,33H,5-7,14,16-18H2,1-4H3/t19-,20+,21-,27-/m1/s1. The average Bonchev–Trinajstić information content (AvgIpc) is 2.90. The van der Waals surface area contributed by atoms with Gasteiger partial charge < -0.3 is 24.8 Å². The number of likely N-dealkylation sites (N-methyl/N-ethyl adjacent to an activating group) is 1. The Morgan fingerprint density at radius 1 is 1.15 bits per heavy atom. The molecule has 9 nitrogen and oxygen atoms in total. The first-order chi connectivity index (χ1) is 18.6. The molecule has 4 atom stereocenters. The van der Waals surface area contributed by atoms with Crippen molar-refractivity contribution in [3.63, 3.8) is 0 Å². The number of benzene rings is 2. The van der Waals surface area contributed by atoms with Gasteiger partial charge in [-0.3, -0.25) is 9.52 Å². The molecule has 11 heteroatoms. The Bertz CT molecular complexity index is 1190. The van der Waals surface area contributed by atoms with Gasteiger partial charge in [-0.2, -0.15) is 0 Å². The van der Waals surface area contributed by atoms with Crippen molar-refractivity contribution in [3.05, 3.63) is 53.8 Å². The van der Waals surface area contributed by atoms with Gasteiger partial charge in [-0.1, -0.05) is 6.92 Å². The first-order valence-electron chi connectivity index (χ1n) is 13.3. The Morgan fingerprint density at radius 3 is 2.54 bits per heavy atom. The van der Waals surface area contributed by atoms with Crippen LogP contribution >= 0.6 is 0 Å². The number of nitrogens with zero attached hydrogens (tertiary/aromatic N) is 1. The summed E-state index contributed by atoms with van der Waals surface area (Å²) in [6.07, 6.45) is 2.17. The number of aliphatic hydroxyl groups is 1. The van der Waals surface area contributed by atoms with Crippen LogP contribution in [-0.4, -0.2) is 75.9 Å². The maximum absolute atomic E-state index is 14.0. The highest BCUT2D eigenvalue weighted by Crippen LogP contribution is 2.29. The lowest BCUT2D eigenvalue weighted by Crippen LogP contribution is -2.47. The van der Waals surface area contributed by atoms with Crippen molar-refractivity contribution in [1.82, 2.24) is 10.2 Å². The molecule has 0 radical (unpaired) electrons. The maximum atomic E-state index is 14.0. The van der Waals surface area contributed by atoms with Crippen molar-refractivity contribution in [1.29, 1.82) is 0 Å². The van der Waals surface area contributed by atoms with Crippen LogP contribution in [0.15, 0.2) is 47.4 Å². The van der Waals surface area contributed by atoms with E-state index in [0.717, 1.165) is 31.4 Å². The predicted octanol–water partition coefficient (Wildman–Crippen LogP) is 3.64. The summed E-state index contributed by atoms with van der Waals surface area (Å²) in [5.41, 5.74) is 0.335. The molecule has 0 bridgehead atoms. The third-order valence-corrected chi connectivity index (χ3v) is 8.23. The molecular formula is C28H40FN3O6S. The number of sulfonamides is 1. The third-order valence-electron chi connectivity index (χ3n) is 6.83. The third kappa shape index (κ3) is 8.38. The molecule has 0 unspecified atom stereocenters. The highest BCUT2D eigenvalue weighted by Gasteiger charge is 2.30. The zero-order valence-corrected chi connectivity index (χ0v) is 23.8. The van der Waals surface area contributed by atoms with Gasteiger partial charge >= 0.3 is 0 Å². The number of carbonyl (C=O) groups is 1. The van der Waals surface area contributed by atoms with E-state index in [1.807, 2.05) is 20.9 Å². The number of rotatable bonds is 7. The van der Waals surface area contributed by atoms with Crippen LogP contribution in [0.1, 0.15) is 50.4 Å². The number of hydrogen-bond donors (Lipinski definition) is 3. The molecule has 3 N–H and O–H groups in total. The second-order valence-electron chi connectivity index (χ2n) is 10.1. The van der Waals surface area contributed by atoms with E-state index in [4.69, 9.17) is 9.47 Å². The second-order valence-corrected chi connectivity index (χ2v) is 11.8. The van der Waals surface area contributed by atoms with Crippen molar-refractivity contribution in [2.75, 3.05) is 38.1 Å². The number of fused-ring (bicyclic) bond motifs is 1. The van der Waals surface area contributed by atoms with Gasteiger partial charge in [0.15, 0.2) is 0 Å². The molecule has 216 valence electrons. The van der Waals surface area contributed by atoms with Gasteiger partial charge in [0.2, 0.25) is 0 Å². The van der Waals surface area contributed by atoms with E-state index in [2.05, 4.69) is 10.0 Å². The lowest BCUT2D eigenvalue weighted by Gasteiger charge is -2.34. The Kier molecular flexibility index (Phi) is 11.1. The zero-order valence-electron chi connectivity index (χ0n) is 23.0. The van der Waals surface area contributed by atoms with Crippen molar-refractivity contribution in [3.8, 4) is 5.75 Å². The number of ether oxygens (including phenoxy) is 2. The van der Waals surface area contributed by atoms with E-state index >= 15 is 0 Å². The van der Waals surface area contributed by atoms with Gasteiger partial charge in [0, 0.05) is 31.3 Å². The normalized spacial score (nSPS) is 22.4. The largest absolute Gasteiger partial charge is 0.490 e. The Hall–Kier alpha value is -2.73. The molecule has 1 amide bonds. The number of amides is 1. The second kappa shape index (κ2) is 14.1. The molecule has 0 aromatic heterocycles. The number of halogens is 1. The molecule has 1 heterocycles. The number of nitrogens with one attached hydrogen (secondary N) is 2. The van der Waals surface area contributed by atoms with Gasteiger partial charge in [-0.05, 0) is 82.6 Å². The van der Waals surface area contributed by atoms with E-state index in [9.17, 15) is 22.7 Å². The van der Waals surface area contributed by atoms with Crippen molar-refractivity contribution < 1.29 is 32.2 Å². The molecule has 3 rings (SSSR count). The van der Waals surface area contributed by atoms with Crippen LogP contribution in [0.25, 0.3) is 0 Å². The predicted molar refractivity (Wildman–Crippen MR) is 148 cm³/mol. The molecule has 0 saturated heterocycles. The fraction of sp³-hybridized carbons (Fsp3) is 0.536. The van der Waals surface area contributed by atoms with Crippen LogP contribution < -0.4 is 14.8 Å². The highest BCUT2D eigenvalue weighted by molar-refractivity contribution is 7.92. The molecule has 0 spiro atoms. The zero-order chi connectivity index (χ0) is 28.6. The first-order valence-corrected chi connectivity index (χ1v) is 14.8. The van der Waals surface area contributed by atoms with E-state index in [0.29, 0.717) is 25.4 Å². The molecule has 0 aliphatic carbocycles. The monoisotopic (exact) mass is 565 g/mol. The smallest absolute Gasteiger partial charge is 0.261 e. The molecular weight excluding hydrogens is 525 g/mol. The number of carbonyl (C=O) groups excluding carboxylic acids is 1. The molecule has 1 aliphatic heterocycles. The molecule has 2 aromatic carbocycles. The molecule has 39 heavy (non-hydrogen) atoms. The van der Waals surface area contributed by atoms with Gasteiger partial charge in [-0.25, -0.2) is 12.8 Å². The van der Waals surface area contributed by atoms with Crippen molar-refractivity contribution in [2.45, 2.75) is 63.2 Å². The van der Waals surface area contributed by atoms with Crippen LogP contribution in [-0.2, 0) is 14.8 Å². The molecule has 1 aliphatic rings. The Balaban J connectivity index is 2.02. The summed E-state index contributed by atoms with van der Waals surface area (Å²) in [7, 11) is -2.18. The minimum Gasteiger partial charge on any atom is -0.490 e. The summed E-state index contributed by atoms with van der Waals surface area (Å²) < 4.78 is 54.0. The lowest BCUT2D eigenvalue weighted by atomic mass is 10.0. The summed E-state index contributed by atoms with van der Waals surface area (Å²) in [6, 6.07) is 8.52. The van der Waals surface area contributed by atoms with Crippen molar-refractivity contribution >= 4 is 21.6 Å². The summed E-state index contributed by atoms with van der Waals surface area (Å²) >= 11 is 0. The quantitative estimate of drug-likeness (QED) is 0.469. The summed E-state index contributed by atoms with van der Waals surface area (Å²) in [4.78, 5) is 15.5. The summed E-state index contributed by atoms with van der Waals surface area (Å²) in [5, 5.41) is 13.1. The van der Waals surface area contributed by atoms with E-state index in [-0.39, 0.29) is 40.9 Å². The summed E-state index contributed by atoms with van der Waals surface area (Å²) in [5.74, 6) is -0.664. The average molecular weight is 566 g/mol. The van der Waals surface area contributed by atoms with Crippen LogP contribution in [0.2, 0.25) is 0 Å². The minimum absolute atomic E-state index is 0.0539. The first kappa shape index (κ1) is 30.8. The Morgan fingerprint density at radius 2 is 1.87 bits per heavy atom. The van der Waals surface area contributed by atoms with Gasteiger partial charge in [0.05, 0.1) is 35.3 Å². The van der Waals surface area contributed by atoms with Crippen LogP contribution in [0, 0.1) is 11.7 Å². The molecule has 0 saturated carbocycles. The van der Waals surface area contributed by atoms with E-state index in [1.54, 1.807) is 17.9 Å². The van der Waals surface area contributed by atoms with Gasteiger partial charge in [-0.15, -0.1) is 0 Å². The Labute approximate surface area is 230 Å². The number of anilines is 1. The maximum Gasteiger partial charge on any atom is 0.261 e. The highest BCUT2D eigenvalue weighted by atomic mass is 32.2. The van der Waals surface area contributed by atoms with Crippen LogP contribution in [0.5, 0.6) is 5.75 Å². The fourth-order valence-electron chi connectivity index (χ4n) is 4.51. The van der Waals surface area contributed by atoms with Crippen LogP contribution in [0.3, 0.4) is 0 Å². The molecule has 0 fully saturated rings. The fourth-order valence-corrected chi connectivity index (χ4v) is 5.55. The van der Waals surface area contributed by atoms with Gasteiger partial charge in [0.25, 0.3) is 15.9 Å². The summed E-state index contributed by atoms with van der Waals surface area (Å²) in [6.45, 7) is 6.96. The van der Waals surface area contributed by atoms with E-state index < -0.39 is 27.8 Å². The topological polar surface area (TPSA) is 117 Å². The number of aliphatic hydroxyl groups excluding tert-OH is 1. The van der Waals surface area contributed by atoms with Crippen molar-refractivity contribution in [2.24, 2.45) is 5.92 Å². The van der Waals surface area contributed by atoms with Crippen LogP contribution in [0.4, 0.5) is 10.1 Å². The van der Waals surface area contributed by atoms with Gasteiger partial charge in [0.1, 0.15) is 11.6 Å². The SMILES string of the molecule is CNC[C@H]1OCCCC[C@@H](C)Oc2ccc(NS(=O)(=O)c3ccc(F)cc3)cc2C(=O)N([C@@H](C)CO)C[C@H]1C. The minimum atomic E-state index is -4.04. The van der Waals surface area contributed by atoms with E-state index in [1.165, 1.54) is 24.3 Å². The lowest BCUT2D eigenvalue weighted by molar-refractivity contribution is -0.000450.